The molecule has 0 aliphatic heterocycles. The van der Waals surface area contributed by atoms with Crippen LogP contribution in [0.25, 0.3) is 27.8 Å². The first-order chi connectivity index (χ1) is 14.8. The van der Waals surface area contributed by atoms with E-state index in [4.69, 9.17) is 4.52 Å². The van der Waals surface area contributed by atoms with E-state index in [1.54, 1.807) is 11.3 Å². The molecule has 0 N–H and O–H groups in total. The summed E-state index contributed by atoms with van der Waals surface area (Å²) in [6, 6.07) is 22.3. The first kappa shape index (κ1) is 18.8. The summed E-state index contributed by atoms with van der Waals surface area (Å²) < 4.78 is 7.46. The van der Waals surface area contributed by atoms with E-state index >= 15 is 0 Å². The van der Waals surface area contributed by atoms with E-state index in [0.717, 1.165) is 27.1 Å². The standard InChI is InChI=1S/C22H17N5OS2/c1-15-9-11-17(12-10-15)27-20(16-6-3-2-4-7-16)24-25-22(27)30-14-19-23-21(28-26-19)18-8-5-13-29-18/h2-13H,14H2,1H3. The Balaban J connectivity index is 1.46. The zero-order valence-electron chi connectivity index (χ0n) is 16.1. The Kier molecular flexibility index (Phi) is 5.17. The number of aromatic nitrogens is 5. The summed E-state index contributed by atoms with van der Waals surface area (Å²) in [5.74, 6) is 2.51. The van der Waals surface area contributed by atoms with Crippen LogP contribution in [-0.2, 0) is 5.75 Å². The predicted molar refractivity (Wildman–Crippen MR) is 119 cm³/mol. The van der Waals surface area contributed by atoms with E-state index in [-0.39, 0.29) is 0 Å². The van der Waals surface area contributed by atoms with Gasteiger partial charge in [0.1, 0.15) is 0 Å². The Morgan fingerprint density at radius 2 is 1.80 bits per heavy atom. The summed E-state index contributed by atoms with van der Waals surface area (Å²) in [7, 11) is 0. The zero-order chi connectivity index (χ0) is 20.3. The summed E-state index contributed by atoms with van der Waals surface area (Å²) >= 11 is 3.11. The van der Waals surface area contributed by atoms with Crippen molar-refractivity contribution in [3.05, 3.63) is 83.5 Å². The topological polar surface area (TPSA) is 69.6 Å². The van der Waals surface area contributed by atoms with Crippen molar-refractivity contribution in [1.82, 2.24) is 24.9 Å². The Bertz CT molecular complexity index is 1240. The molecule has 6 nitrogen and oxygen atoms in total. The molecule has 148 valence electrons. The summed E-state index contributed by atoms with van der Waals surface area (Å²) in [4.78, 5) is 5.47. The number of hydrogen-bond acceptors (Lipinski definition) is 7. The second kappa shape index (κ2) is 8.25. The van der Waals surface area contributed by atoms with Crippen molar-refractivity contribution in [2.75, 3.05) is 0 Å². The molecule has 3 aromatic heterocycles. The summed E-state index contributed by atoms with van der Waals surface area (Å²) in [6.07, 6.45) is 0. The fourth-order valence-corrected chi connectivity index (χ4v) is 4.45. The minimum absolute atomic E-state index is 0.535. The van der Waals surface area contributed by atoms with Crippen molar-refractivity contribution in [1.29, 1.82) is 0 Å². The molecule has 30 heavy (non-hydrogen) atoms. The van der Waals surface area contributed by atoms with Crippen molar-refractivity contribution >= 4 is 23.1 Å². The van der Waals surface area contributed by atoms with E-state index in [0.29, 0.717) is 17.5 Å². The molecule has 0 saturated carbocycles. The van der Waals surface area contributed by atoms with Crippen molar-refractivity contribution in [2.24, 2.45) is 0 Å². The van der Waals surface area contributed by atoms with Crippen LogP contribution < -0.4 is 0 Å². The average molecular weight is 432 g/mol. The molecule has 8 heteroatoms. The largest absolute Gasteiger partial charge is 0.333 e. The first-order valence-corrected chi connectivity index (χ1v) is 11.2. The number of aryl methyl sites for hydroxylation is 1. The molecular formula is C22H17N5OS2. The third kappa shape index (κ3) is 3.79. The van der Waals surface area contributed by atoms with Gasteiger partial charge in [-0.25, -0.2) is 0 Å². The van der Waals surface area contributed by atoms with E-state index in [9.17, 15) is 0 Å². The molecule has 5 rings (SSSR count). The van der Waals surface area contributed by atoms with Gasteiger partial charge in [0.25, 0.3) is 5.89 Å². The van der Waals surface area contributed by atoms with Crippen LogP contribution in [0.1, 0.15) is 11.4 Å². The fourth-order valence-electron chi connectivity index (χ4n) is 3.01. The maximum atomic E-state index is 5.39. The van der Waals surface area contributed by atoms with Crippen molar-refractivity contribution < 1.29 is 4.52 Å². The number of rotatable bonds is 6. The normalized spacial score (nSPS) is 11.1. The average Bonchev–Trinajstić information content (AvgIpc) is 3.53. The third-order valence-corrected chi connectivity index (χ3v) is 6.27. The van der Waals surface area contributed by atoms with Crippen LogP contribution in [0.15, 0.2) is 81.8 Å². The van der Waals surface area contributed by atoms with E-state index in [1.165, 1.54) is 17.3 Å². The van der Waals surface area contributed by atoms with Gasteiger partial charge in [-0.3, -0.25) is 4.57 Å². The van der Waals surface area contributed by atoms with Gasteiger partial charge >= 0.3 is 0 Å². The Morgan fingerprint density at radius 3 is 2.57 bits per heavy atom. The molecule has 0 radical (unpaired) electrons. The minimum Gasteiger partial charge on any atom is -0.333 e. The molecule has 3 heterocycles. The lowest BCUT2D eigenvalue weighted by Gasteiger charge is -2.10. The molecule has 0 fully saturated rings. The molecular weight excluding hydrogens is 414 g/mol. The first-order valence-electron chi connectivity index (χ1n) is 9.35. The number of thiophene rings is 1. The van der Waals surface area contributed by atoms with Gasteiger partial charge in [0, 0.05) is 11.3 Å². The van der Waals surface area contributed by atoms with Crippen molar-refractivity contribution in [3.8, 4) is 27.8 Å². The lowest BCUT2D eigenvalue weighted by Crippen LogP contribution is -2.00. The molecule has 0 aliphatic rings. The molecule has 0 saturated heterocycles. The summed E-state index contributed by atoms with van der Waals surface area (Å²) in [5, 5.41) is 15.8. The Morgan fingerprint density at radius 1 is 0.967 bits per heavy atom. The van der Waals surface area contributed by atoms with Crippen LogP contribution in [0.4, 0.5) is 0 Å². The number of thioether (sulfide) groups is 1. The zero-order valence-corrected chi connectivity index (χ0v) is 17.7. The minimum atomic E-state index is 0.535. The second-order valence-electron chi connectivity index (χ2n) is 6.62. The summed E-state index contributed by atoms with van der Waals surface area (Å²) in [5.41, 5.74) is 3.23. The highest BCUT2D eigenvalue weighted by molar-refractivity contribution is 7.98. The molecule has 2 aromatic carbocycles. The van der Waals surface area contributed by atoms with Crippen molar-refractivity contribution in [3.63, 3.8) is 0 Å². The highest BCUT2D eigenvalue weighted by atomic mass is 32.2. The van der Waals surface area contributed by atoms with Crippen LogP contribution in [0.3, 0.4) is 0 Å². The Hall–Kier alpha value is -3.23. The Labute approximate surface area is 181 Å². The van der Waals surface area contributed by atoms with Crippen molar-refractivity contribution in [2.45, 2.75) is 17.8 Å². The van der Waals surface area contributed by atoms with Crippen LogP contribution in [0.5, 0.6) is 0 Å². The van der Waals surface area contributed by atoms with Gasteiger partial charge in [-0.15, -0.1) is 21.5 Å². The highest BCUT2D eigenvalue weighted by Gasteiger charge is 2.17. The quantitative estimate of drug-likeness (QED) is 0.324. The molecule has 0 bridgehead atoms. The number of nitrogens with zero attached hydrogens (tertiary/aromatic N) is 5. The maximum Gasteiger partial charge on any atom is 0.268 e. The summed E-state index contributed by atoms with van der Waals surface area (Å²) in [6.45, 7) is 2.07. The second-order valence-corrected chi connectivity index (χ2v) is 8.52. The molecule has 0 amide bonds. The van der Waals surface area contributed by atoms with Gasteiger partial charge in [-0.1, -0.05) is 71.0 Å². The smallest absolute Gasteiger partial charge is 0.268 e. The number of hydrogen-bond donors (Lipinski definition) is 0. The SMILES string of the molecule is Cc1ccc(-n2c(SCc3noc(-c4cccs4)n3)nnc2-c2ccccc2)cc1. The maximum absolute atomic E-state index is 5.39. The third-order valence-electron chi connectivity index (χ3n) is 4.49. The monoisotopic (exact) mass is 431 g/mol. The molecule has 0 unspecified atom stereocenters. The predicted octanol–water partition coefficient (Wildman–Crippen LogP) is 5.65. The molecule has 0 aliphatic carbocycles. The van der Waals surface area contributed by atoms with Gasteiger partial charge in [0.15, 0.2) is 16.8 Å². The van der Waals surface area contributed by atoms with Crippen LogP contribution in [0, 0.1) is 6.92 Å². The van der Waals surface area contributed by atoms with E-state index < -0.39 is 0 Å². The van der Waals surface area contributed by atoms with E-state index in [1.807, 2.05) is 47.8 Å². The van der Waals surface area contributed by atoms with Gasteiger partial charge < -0.3 is 4.52 Å². The highest BCUT2D eigenvalue weighted by Crippen LogP contribution is 2.30. The molecule has 0 atom stereocenters. The van der Waals surface area contributed by atoms with Gasteiger partial charge in [0.05, 0.1) is 10.6 Å². The van der Waals surface area contributed by atoms with Crippen LogP contribution >= 0.6 is 23.1 Å². The fraction of sp³-hybridized carbons (Fsp3) is 0.0909. The lowest BCUT2D eigenvalue weighted by molar-refractivity contribution is 0.426. The number of benzene rings is 2. The molecule has 5 aromatic rings. The lowest BCUT2D eigenvalue weighted by atomic mass is 10.2. The molecule has 0 spiro atoms. The van der Waals surface area contributed by atoms with Gasteiger partial charge in [0.2, 0.25) is 0 Å². The van der Waals surface area contributed by atoms with Gasteiger partial charge in [-0.2, -0.15) is 4.98 Å². The van der Waals surface area contributed by atoms with Gasteiger partial charge in [-0.05, 0) is 30.5 Å². The van der Waals surface area contributed by atoms with E-state index in [2.05, 4.69) is 56.1 Å². The van der Waals surface area contributed by atoms with Crippen LogP contribution in [-0.4, -0.2) is 24.9 Å². The van der Waals surface area contributed by atoms with Crippen LogP contribution in [0.2, 0.25) is 0 Å².